The first-order valence-corrected chi connectivity index (χ1v) is 6.50. The zero-order chi connectivity index (χ0) is 14.0. The Morgan fingerprint density at radius 2 is 2.32 bits per heavy atom. The van der Waals surface area contributed by atoms with Crippen LogP contribution in [-0.2, 0) is 9.53 Å². The predicted molar refractivity (Wildman–Crippen MR) is 74.8 cm³/mol. The Bertz CT molecular complexity index is 577. The Morgan fingerprint density at radius 1 is 1.58 bits per heavy atom. The Labute approximate surface area is 119 Å². The van der Waals surface area contributed by atoms with Gasteiger partial charge in [0.25, 0.3) is 0 Å². The number of nitrogens with zero attached hydrogens (tertiary/aromatic N) is 1. The van der Waals surface area contributed by atoms with Crippen molar-refractivity contribution >= 4 is 33.5 Å². The second-order valence-electron chi connectivity index (χ2n) is 4.23. The molecule has 1 aliphatic rings. The molecule has 0 radical (unpaired) electrons. The highest BCUT2D eigenvalue weighted by atomic mass is 79.9. The number of carbonyl (C=O) groups is 2. The van der Waals surface area contributed by atoms with Gasteiger partial charge in [0.05, 0.1) is 12.7 Å². The minimum absolute atomic E-state index is 0.0268. The molecule has 98 valence electrons. The molecular formula is C14H12BrNO3. The number of anilines is 1. The summed E-state index contributed by atoms with van der Waals surface area (Å²) >= 11 is 3.28. The van der Waals surface area contributed by atoms with E-state index in [0.717, 1.165) is 0 Å². The molecule has 1 saturated heterocycles. The number of carbonyl (C=O) groups excluding carboxylic acids is 2. The molecular weight excluding hydrogens is 310 g/mol. The van der Waals surface area contributed by atoms with Crippen LogP contribution in [0.15, 0.2) is 22.7 Å². The zero-order valence-electron chi connectivity index (χ0n) is 10.4. The Balaban J connectivity index is 2.34. The van der Waals surface area contributed by atoms with E-state index < -0.39 is 5.97 Å². The van der Waals surface area contributed by atoms with Crippen LogP contribution in [0.2, 0.25) is 0 Å². The van der Waals surface area contributed by atoms with Gasteiger partial charge in [0.2, 0.25) is 5.91 Å². The molecule has 0 saturated carbocycles. The van der Waals surface area contributed by atoms with Crippen LogP contribution in [-0.4, -0.2) is 25.5 Å². The normalized spacial score (nSPS) is 18.3. The average molecular weight is 322 g/mol. The summed E-state index contributed by atoms with van der Waals surface area (Å²) in [6.07, 6.45) is 5.70. The van der Waals surface area contributed by atoms with Crippen molar-refractivity contribution in [2.24, 2.45) is 5.92 Å². The molecule has 1 fully saturated rings. The minimum atomic E-state index is -0.450. The van der Waals surface area contributed by atoms with Crippen LogP contribution in [0.3, 0.4) is 0 Å². The molecule has 1 amide bonds. The van der Waals surface area contributed by atoms with Crippen LogP contribution in [0, 0.1) is 18.3 Å². The van der Waals surface area contributed by atoms with Gasteiger partial charge in [-0.1, -0.05) is 0 Å². The number of rotatable bonds is 2. The maximum Gasteiger partial charge on any atom is 0.339 e. The van der Waals surface area contributed by atoms with Gasteiger partial charge >= 0.3 is 5.97 Å². The van der Waals surface area contributed by atoms with Gasteiger partial charge in [-0.25, -0.2) is 4.79 Å². The van der Waals surface area contributed by atoms with Gasteiger partial charge < -0.3 is 9.64 Å². The quantitative estimate of drug-likeness (QED) is 0.620. The molecule has 4 nitrogen and oxygen atoms in total. The van der Waals surface area contributed by atoms with Gasteiger partial charge in [-0.15, -0.1) is 12.3 Å². The lowest BCUT2D eigenvalue weighted by Gasteiger charge is -2.17. The molecule has 1 aromatic carbocycles. The van der Waals surface area contributed by atoms with Crippen LogP contribution in [0.5, 0.6) is 0 Å². The predicted octanol–water partition coefficient (Wildman–Crippen LogP) is 2.22. The van der Waals surface area contributed by atoms with Crippen molar-refractivity contribution in [2.75, 3.05) is 18.6 Å². The summed E-state index contributed by atoms with van der Waals surface area (Å²) in [5.74, 6) is 2.04. The fraction of sp³-hybridized carbons (Fsp3) is 0.286. The molecule has 5 heteroatoms. The van der Waals surface area contributed by atoms with E-state index in [-0.39, 0.29) is 11.8 Å². The molecule has 0 bridgehead atoms. The lowest BCUT2D eigenvalue weighted by atomic mass is 10.1. The van der Waals surface area contributed by atoms with Gasteiger partial charge in [-0.05, 0) is 34.1 Å². The summed E-state index contributed by atoms with van der Waals surface area (Å²) in [6, 6.07) is 5.12. The molecule has 0 aliphatic carbocycles. The Kier molecular flexibility index (Phi) is 3.91. The number of hydrogen-bond donors (Lipinski definition) is 0. The summed E-state index contributed by atoms with van der Waals surface area (Å²) in [4.78, 5) is 25.1. The van der Waals surface area contributed by atoms with E-state index in [2.05, 4.69) is 21.9 Å². The average Bonchev–Trinajstić information content (AvgIpc) is 2.80. The van der Waals surface area contributed by atoms with E-state index in [1.807, 2.05) is 0 Å². The largest absolute Gasteiger partial charge is 0.465 e. The highest BCUT2D eigenvalue weighted by Crippen LogP contribution is 2.28. The molecule has 1 unspecified atom stereocenters. The Hall–Kier alpha value is -1.80. The van der Waals surface area contributed by atoms with E-state index in [0.29, 0.717) is 28.7 Å². The molecule has 1 aromatic rings. The van der Waals surface area contributed by atoms with Crippen molar-refractivity contribution in [1.29, 1.82) is 0 Å². The van der Waals surface area contributed by atoms with E-state index >= 15 is 0 Å². The van der Waals surface area contributed by atoms with Crippen LogP contribution < -0.4 is 4.90 Å². The third-order valence-electron chi connectivity index (χ3n) is 3.03. The van der Waals surface area contributed by atoms with Gasteiger partial charge in [0, 0.05) is 29.0 Å². The summed E-state index contributed by atoms with van der Waals surface area (Å²) in [7, 11) is 1.32. The van der Waals surface area contributed by atoms with E-state index in [1.165, 1.54) is 7.11 Å². The molecule has 2 rings (SSSR count). The van der Waals surface area contributed by atoms with Crippen LogP contribution in [0.4, 0.5) is 5.69 Å². The van der Waals surface area contributed by atoms with Crippen molar-refractivity contribution in [3.8, 4) is 12.3 Å². The first-order valence-electron chi connectivity index (χ1n) is 5.71. The topological polar surface area (TPSA) is 46.6 Å². The molecule has 0 aromatic heterocycles. The third-order valence-corrected chi connectivity index (χ3v) is 3.72. The van der Waals surface area contributed by atoms with E-state index in [1.54, 1.807) is 23.1 Å². The standard InChI is InChI=1S/C14H12BrNO3/c1-3-9-6-13(17)16(8-9)10-4-5-12(15)11(7-10)14(18)19-2/h1,4-5,7,9H,6,8H2,2H3. The molecule has 0 spiro atoms. The molecule has 19 heavy (non-hydrogen) atoms. The fourth-order valence-corrected chi connectivity index (χ4v) is 2.42. The number of terminal acetylenes is 1. The van der Waals surface area contributed by atoms with Crippen molar-refractivity contribution < 1.29 is 14.3 Å². The number of halogens is 1. The Morgan fingerprint density at radius 3 is 2.89 bits per heavy atom. The SMILES string of the molecule is C#CC1CC(=O)N(c2ccc(Br)c(C(=O)OC)c2)C1. The van der Waals surface area contributed by atoms with Crippen molar-refractivity contribution in [2.45, 2.75) is 6.42 Å². The first kappa shape index (κ1) is 13.6. The van der Waals surface area contributed by atoms with Gasteiger partial charge in [0.1, 0.15) is 0 Å². The molecule has 1 heterocycles. The highest BCUT2D eigenvalue weighted by Gasteiger charge is 2.30. The minimum Gasteiger partial charge on any atom is -0.465 e. The lowest BCUT2D eigenvalue weighted by molar-refractivity contribution is -0.117. The second kappa shape index (κ2) is 5.45. The van der Waals surface area contributed by atoms with Crippen LogP contribution >= 0.6 is 15.9 Å². The highest BCUT2D eigenvalue weighted by molar-refractivity contribution is 9.10. The summed E-state index contributed by atoms with van der Waals surface area (Å²) in [5, 5.41) is 0. The van der Waals surface area contributed by atoms with Gasteiger partial charge in [0.15, 0.2) is 0 Å². The van der Waals surface area contributed by atoms with Crippen LogP contribution in [0.25, 0.3) is 0 Å². The van der Waals surface area contributed by atoms with Crippen LogP contribution in [0.1, 0.15) is 16.8 Å². The molecule has 1 atom stereocenters. The van der Waals surface area contributed by atoms with E-state index in [4.69, 9.17) is 11.2 Å². The summed E-state index contributed by atoms with van der Waals surface area (Å²) in [5.41, 5.74) is 1.04. The third kappa shape index (κ3) is 2.64. The van der Waals surface area contributed by atoms with Crippen molar-refractivity contribution in [3.05, 3.63) is 28.2 Å². The number of hydrogen-bond acceptors (Lipinski definition) is 3. The number of amides is 1. The number of ether oxygens (including phenoxy) is 1. The molecule has 0 N–H and O–H groups in total. The zero-order valence-corrected chi connectivity index (χ0v) is 11.9. The maximum atomic E-state index is 11.9. The second-order valence-corrected chi connectivity index (χ2v) is 5.08. The molecule has 1 aliphatic heterocycles. The lowest BCUT2D eigenvalue weighted by Crippen LogP contribution is -2.24. The van der Waals surface area contributed by atoms with Gasteiger partial charge in [-0.2, -0.15) is 0 Å². The number of esters is 1. The summed E-state index contributed by atoms with van der Waals surface area (Å²) < 4.78 is 5.33. The number of methoxy groups -OCH3 is 1. The van der Waals surface area contributed by atoms with Gasteiger partial charge in [-0.3, -0.25) is 4.79 Å². The van der Waals surface area contributed by atoms with Crippen molar-refractivity contribution in [1.82, 2.24) is 0 Å². The van der Waals surface area contributed by atoms with Crippen molar-refractivity contribution in [3.63, 3.8) is 0 Å². The smallest absolute Gasteiger partial charge is 0.339 e. The number of benzene rings is 1. The van der Waals surface area contributed by atoms with E-state index in [9.17, 15) is 9.59 Å². The maximum absolute atomic E-state index is 11.9. The monoisotopic (exact) mass is 321 g/mol. The summed E-state index contributed by atoms with van der Waals surface area (Å²) in [6.45, 7) is 0.484. The first-order chi connectivity index (χ1) is 9.06. The fourth-order valence-electron chi connectivity index (χ4n) is 2.02.